The van der Waals surface area contributed by atoms with Gasteiger partial charge in [0, 0.05) is 11.6 Å². The Balaban J connectivity index is 2.77. The van der Waals surface area contributed by atoms with E-state index in [0.29, 0.717) is 5.56 Å². The average Bonchev–Trinajstić information content (AvgIpc) is 2.50. The molecule has 0 fully saturated rings. The van der Waals surface area contributed by atoms with Crippen LogP contribution in [0.4, 0.5) is 4.39 Å². The zero-order chi connectivity index (χ0) is 16.7. The summed E-state index contributed by atoms with van der Waals surface area (Å²) in [6.07, 6.45) is 1.69. The first-order valence-electron chi connectivity index (χ1n) is 7.75. The number of carbonyl (C=O) groups is 2. The van der Waals surface area contributed by atoms with Gasteiger partial charge in [-0.25, -0.2) is 4.39 Å². The fourth-order valence-electron chi connectivity index (χ4n) is 2.14. The Hall–Kier alpha value is -1.91. The van der Waals surface area contributed by atoms with Gasteiger partial charge >= 0.3 is 0 Å². The molecule has 2 N–H and O–H groups in total. The molecule has 5 heteroatoms. The Morgan fingerprint density at radius 3 is 2.05 bits per heavy atom. The number of carbonyl (C=O) groups excluding carboxylic acids is 2. The molecule has 0 saturated heterocycles. The highest BCUT2D eigenvalue weighted by Crippen LogP contribution is 2.08. The van der Waals surface area contributed by atoms with Crippen LogP contribution in [0, 0.1) is 11.7 Å². The first kappa shape index (κ1) is 18.1. The normalized spacial score (nSPS) is 12.3. The van der Waals surface area contributed by atoms with Crippen LogP contribution in [-0.4, -0.2) is 23.9 Å². The van der Waals surface area contributed by atoms with E-state index in [9.17, 15) is 14.0 Å². The molecule has 2 amide bonds. The van der Waals surface area contributed by atoms with Crippen molar-refractivity contribution < 1.29 is 14.0 Å². The predicted molar refractivity (Wildman–Crippen MR) is 85.0 cm³/mol. The number of hydrogen-bond donors (Lipinski definition) is 2. The van der Waals surface area contributed by atoms with Gasteiger partial charge in [-0.1, -0.05) is 27.7 Å². The summed E-state index contributed by atoms with van der Waals surface area (Å²) in [4.78, 5) is 24.5. The second kappa shape index (κ2) is 8.51. The Morgan fingerprint density at radius 2 is 1.59 bits per heavy atom. The van der Waals surface area contributed by atoms with Crippen LogP contribution in [0.5, 0.6) is 0 Å². The summed E-state index contributed by atoms with van der Waals surface area (Å²) >= 11 is 0. The van der Waals surface area contributed by atoms with Gasteiger partial charge in [-0.15, -0.1) is 0 Å². The molecule has 0 radical (unpaired) electrons. The van der Waals surface area contributed by atoms with Gasteiger partial charge in [0.05, 0.1) is 0 Å². The van der Waals surface area contributed by atoms with E-state index in [0.717, 1.165) is 12.8 Å². The minimum absolute atomic E-state index is 0.0428. The van der Waals surface area contributed by atoms with Crippen molar-refractivity contribution in [3.05, 3.63) is 35.6 Å². The molecule has 1 aromatic rings. The smallest absolute Gasteiger partial charge is 0.251 e. The highest BCUT2D eigenvalue weighted by molar-refractivity contribution is 5.97. The fraction of sp³-hybridized carbons (Fsp3) is 0.529. The Labute approximate surface area is 131 Å². The number of amides is 2. The Kier molecular flexibility index (Phi) is 7.02. The molecule has 4 nitrogen and oxygen atoms in total. The van der Waals surface area contributed by atoms with Crippen LogP contribution in [0.1, 0.15) is 50.9 Å². The van der Waals surface area contributed by atoms with Crippen molar-refractivity contribution in [2.75, 3.05) is 0 Å². The first-order valence-corrected chi connectivity index (χ1v) is 7.75. The molecule has 1 atom stereocenters. The molecule has 0 heterocycles. The summed E-state index contributed by atoms with van der Waals surface area (Å²) in [5.41, 5.74) is 0.336. The average molecular weight is 308 g/mol. The maximum atomic E-state index is 12.9. The zero-order valence-electron chi connectivity index (χ0n) is 13.7. The molecular weight excluding hydrogens is 283 g/mol. The lowest BCUT2D eigenvalue weighted by atomic mass is 10.0. The minimum atomic E-state index is -0.613. The Bertz CT molecular complexity index is 496. The van der Waals surface area contributed by atoms with Crippen molar-refractivity contribution in [1.82, 2.24) is 10.6 Å². The van der Waals surface area contributed by atoms with E-state index < -0.39 is 11.9 Å². The van der Waals surface area contributed by atoms with Crippen molar-refractivity contribution in [2.45, 2.75) is 52.6 Å². The van der Waals surface area contributed by atoms with E-state index in [1.54, 1.807) is 0 Å². The van der Waals surface area contributed by atoms with E-state index in [1.807, 2.05) is 27.7 Å². The third kappa shape index (κ3) is 5.13. The highest BCUT2D eigenvalue weighted by atomic mass is 19.1. The van der Waals surface area contributed by atoms with E-state index in [2.05, 4.69) is 10.6 Å². The predicted octanol–water partition coefficient (Wildman–Crippen LogP) is 2.88. The van der Waals surface area contributed by atoms with Gasteiger partial charge < -0.3 is 10.6 Å². The van der Waals surface area contributed by atoms with Crippen molar-refractivity contribution >= 4 is 11.8 Å². The van der Waals surface area contributed by atoms with Crippen LogP contribution < -0.4 is 10.6 Å². The van der Waals surface area contributed by atoms with Gasteiger partial charge in [-0.2, -0.15) is 0 Å². The zero-order valence-corrected chi connectivity index (χ0v) is 13.7. The van der Waals surface area contributed by atoms with Gasteiger partial charge in [0.1, 0.15) is 11.9 Å². The summed E-state index contributed by atoms with van der Waals surface area (Å²) in [7, 11) is 0. The van der Waals surface area contributed by atoms with Crippen LogP contribution in [0.15, 0.2) is 24.3 Å². The third-order valence-corrected chi connectivity index (χ3v) is 3.67. The Morgan fingerprint density at radius 1 is 1.05 bits per heavy atom. The maximum absolute atomic E-state index is 12.9. The molecule has 0 aromatic heterocycles. The third-order valence-electron chi connectivity index (χ3n) is 3.67. The first-order chi connectivity index (χ1) is 10.4. The molecule has 0 aliphatic rings. The van der Waals surface area contributed by atoms with E-state index in [4.69, 9.17) is 0 Å². The summed E-state index contributed by atoms with van der Waals surface area (Å²) in [6, 6.07) is 4.75. The lowest BCUT2D eigenvalue weighted by Crippen LogP contribution is -2.51. The summed E-state index contributed by atoms with van der Waals surface area (Å²) < 4.78 is 12.9. The fourth-order valence-corrected chi connectivity index (χ4v) is 2.14. The van der Waals surface area contributed by atoms with Crippen molar-refractivity contribution in [3.8, 4) is 0 Å². The van der Waals surface area contributed by atoms with Gasteiger partial charge in [0.15, 0.2) is 0 Å². The molecule has 1 unspecified atom stereocenters. The largest absolute Gasteiger partial charge is 0.352 e. The van der Waals surface area contributed by atoms with Gasteiger partial charge in [0.25, 0.3) is 5.91 Å². The minimum Gasteiger partial charge on any atom is -0.352 e. The summed E-state index contributed by atoms with van der Waals surface area (Å²) in [5, 5.41) is 5.68. The van der Waals surface area contributed by atoms with Crippen LogP contribution >= 0.6 is 0 Å². The maximum Gasteiger partial charge on any atom is 0.251 e. The second-order valence-electron chi connectivity index (χ2n) is 5.72. The summed E-state index contributed by atoms with van der Waals surface area (Å²) in [5.74, 6) is -1.00. The molecule has 0 saturated carbocycles. The van der Waals surface area contributed by atoms with Crippen molar-refractivity contribution in [2.24, 2.45) is 5.92 Å². The lowest BCUT2D eigenvalue weighted by Gasteiger charge is -2.24. The van der Waals surface area contributed by atoms with Crippen LogP contribution in [0.3, 0.4) is 0 Å². The van der Waals surface area contributed by atoms with Crippen LogP contribution in [-0.2, 0) is 4.79 Å². The standard InChI is InChI=1S/C17H25FN2O2/c1-5-14(6-2)19-17(22)15(11(3)4)20-16(21)12-7-9-13(18)10-8-12/h7-11,14-15H,5-6H2,1-4H3,(H,19,22)(H,20,21). The number of hydrogen-bond acceptors (Lipinski definition) is 2. The van der Waals surface area contributed by atoms with E-state index in [-0.39, 0.29) is 23.8 Å². The lowest BCUT2D eigenvalue weighted by molar-refractivity contribution is -0.124. The molecule has 0 bridgehead atoms. The topological polar surface area (TPSA) is 58.2 Å². The van der Waals surface area contributed by atoms with Crippen LogP contribution in [0.25, 0.3) is 0 Å². The molecule has 122 valence electrons. The van der Waals surface area contributed by atoms with Crippen molar-refractivity contribution in [1.29, 1.82) is 0 Å². The van der Waals surface area contributed by atoms with Gasteiger partial charge in [-0.3, -0.25) is 9.59 Å². The highest BCUT2D eigenvalue weighted by Gasteiger charge is 2.25. The number of benzene rings is 1. The summed E-state index contributed by atoms with van der Waals surface area (Å²) in [6.45, 7) is 7.77. The molecule has 22 heavy (non-hydrogen) atoms. The number of rotatable bonds is 7. The molecule has 0 aliphatic carbocycles. The molecular formula is C17H25FN2O2. The monoisotopic (exact) mass is 308 g/mol. The van der Waals surface area contributed by atoms with E-state index in [1.165, 1.54) is 24.3 Å². The van der Waals surface area contributed by atoms with Crippen molar-refractivity contribution in [3.63, 3.8) is 0 Å². The molecule has 0 aliphatic heterocycles. The molecule has 0 spiro atoms. The quantitative estimate of drug-likeness (QED) is 0.813. The van der Waals surface area contributed by atoms with Gasteiger partial charge in [-0.05, 0) is 43.0 Å². The second-order valence-corrected chi connectivity index (χ2v) is 5.72. The van der Waals surface area contributed by atoms with E-state index >= 15 is 0 Å². The molecule has 1 rings (SSSR count). The van der Waals surface area contributed by atoms with Gasteiger partial charge in [0.2, 0.25) is 5.91 Å². The van der Waals surface area contributed by atoms with Crippen LogP contribution in [0.2, 0.25) is 0 Å². The number of nitrogens with one attached hydrogen (secondary N) is 2. The number of halogens is 1. The molecule has 1 aromatic carbocycles. The SMILES string of the molecule is CCC(CC)NC(=O)C(NC(=O)c1ccc(F)cc1)C(C)C.